The van der Waals surface area contributed by atoms with Crippen LogP contribution < -0.4 is 5.73 Å². The Kier molecular flexibility index (Phi) is 8.07. The third-order valence-corrected chi connectivity index (χ3v) is 4.88. The van der Waals surface area contributed by atoms with E-state index in [1.165, 1.54) is 56.1 Å². The van der Waals surface area contributed by atoms with Gasteiger partial charge in [-0.05, 0) is 36.8 Å². The molecule has 1 aromatic rings. The maximum atomic E-state index is 9.90. The van der Waals surface area contributed by atoms with E-state index in [4.69, 9.17) is 10.5 Å². The predicted octanol–water partition coefficient (Wildman–Crippen LogP) is 3.61. The van der Waals surface area contributed by atoms with Gasteiger partial charge in [0, 0.05) is 0 Å². The van der Waals surface area contributed by atoms with Crippen molar-refractivity contribution in [2.75, 3.05) is 6.61 Å². The third-order valence-electron chi connectivity index (χ3n) is 4.88. The number of aliphatic hydroxyl groups excluding tert-OH is 1. The summed E-state index contributed by atoms with van der Waals surface area (Å²) in [5, 5.41) is 9.90. The van der Waals surface area contributed by atoms with Gasteiger partial charge in [0.25, 0.3) is 0 Å². The molecule has 0 amide bonds. The lowest BCUT2D eigenvalue weighted by atomic mass is 9.99. The largest absolute Gasteiger partial charge is 0.389 e. The fourth-order valence-electron chi connectivity index (χ4n) is 3.25. The number of ether oxygens (including phenoxy) is 1. The zero-order chi connectivity index (χ0) is 16.5. The topological polar surface area (TPSA) is 55.5 Å². The minimum Gasteiger partial charge on any atom is -0.389 e. The molecule has 3 atom stereocenters. The van der Waals surface area contributed by atoms with Crippen molar-refractivity contribution in [3.63, 3.8) is 0 Å². The highest BCUT2D eigenvalue weighted by molar-refractivity contribution is 5.22. The second-order valence-electron chi connectivity index (χ2n) is 6.90. The molecule has 23 heavy (non-hydrogen) atoms. The van der Waals surface area contributed by atoms with Gasteiger partial charge in [-0.1, -0.05) is 63.3 Å². The van der Waals surface area contributed by atoms with Crippen LogP contribution in [0.2, 0.25) is 0 Å². The molecule has 1 aromatic carbocycles. The van der Waals surface area contributed by atoms with Crippen molar-refractivity contribution in [3.8, 4) is 0 Å². The highest BCUT2D eigenvalue weighted by Crippen LogP contribution is 2.19. The minimum atomic E-state index is -0.512. The van der Waals surface area contributed by atoms with Crippen molar-refractivity contribution in [3.05, 3.63) is 35.4 Å². The number of hydrogen-bond donors (Lipinski definition) is 2. The van der Waals surface area contributed by atoms with Crippen LogP contribution in [-0.2, 0) is 17.6 Å². The Morgan fingerprint density at radius 1 is 1.00 bits per heavy atom. The summed E-state index contributed by atoms with van der Waals surface area (Å²) in [5.74, 6) is 0. The van der Waals surface area contributed by atoms with Crippen molar-refractivity contribution >= 4 is 0 Å². The molecule has 0 aromatic heterocycles. The Hall–Kier alpha value is -0.900. The molecule has 130 valence electrons. The summed E-state index contributed by atoms with van der Waals surface area (Å²) >= 11 is 0. The van der Waals surface area contributed by atoms with Crippen LogP contribution in [0.15, 0.2) is 24.3 Å². The smallest absolute Gasteiger partial charge is 0.0974 e. The van der Waals surface area contributed by atoms with E-state index in [9.17, 15) is 5.11 Å². The first kappa shape index (κ1) is 18.4. The van der Waals surface area contributed by atoms with Crippen molar-refractivity contribution in [2.45, 2.75) is 83.0 Å². The van der Waals surface area contributed by atoms with E-state index in [1.807, 2.05) is 0 Å². The molecule has 0 saturated carbocycles. The maximum Gasteiger partial charge on any atom is 0.0974 e. The highest BCUT2D eigenvalue weighted by Gasteiger charge is 2.32. The predicted molar refractivity (Wildman–Crippen MR) is 95.6 cm³/mol. The monoisotopic (exact) mass is 319 g/mol. The molecule has 0 spiro atoms. The van der Waals surface area contributed by atoms with Crippen LogP contribution in [0.4, 0.5) is 0 Å². The van der Waals surface area contributed by atoms with Gasteiger partial charge in [0.05, 0.1) is 24.9 Å². The first-order valence-corrected chi connectivity index (χ1v) is 9.33. The van der Waals surface area contributed by atoms with Crippen LogP contribution in [0.1, 0.15) is 63.0 Å². The molecule has 1 aliphatic rings. The van der Waals surface area contributed by atoms with E-state index in [0.29, 0.717) is 6.61 Å². The van der Waals surface area contributed by atoms with Crippen LogP contribution in [0.25, 0.3) is 0 Å². The molecule has 0 bridgehead atoms. The van der Waals surface area contributed by atoms with Gasteiger partial charge < -0.3 is 15.6 Å². The fourth-order valence-corrected chi connectivity index (χ4v) is 3.25. The number of aliphatic hydroxyl groups is 1. The molecule has 3 heteroatoms. The quantitative estimate of drug-likeness (QED) is 0.648. The van der Waals surface area contributed by atoms with Crippen LogP contribution in [0.3, 0.4) is 0 Å². The molecule has 3 N–H and O–H groups in total. The summed E-state index contributed by atoms with van der Waals surface area (Å²) in [6, 6.07) is 8.71. The molecule has 1 fully saturated rings. The number of rotatable bonds is 10. The lowest BCUT2D eigenvalue weighted by Gasteiger charge is -2.15. The zero-order valence-corrected chi connectivity index (χ0v) is 14.5. The van der Waals surface area contributed by atoms with Crippen molar-refractivity contribution < 1.29 is 9.84 Å². The standard InChI is InChI=1S/C20H33NO2/c1-2-3-4-5-6-7-8-16-9-11-17(12-10-16)13-14-19-20(22)18(21)15-23-19/h9-12,18-20,22H,2-8,13-15,21H2,1H3/t18-,19-,20-/m0/s1. The molecule has 0 unspecified atom stereocenters. The normalized spacial score (nSPS) is 24.2. The third kappa shape index (κ3) is 6.25. The molecular weight excluding hydrogens is 286 g/mol. The van der Waals surface area contributed by atoms with Gasteiger partial charge in [-0.15, -0.1) is 0 Å². The first-order chi connectivity index (χ1) is 11.2. The first-order valence-electron chi connectivity index (χ1n) is 9.33. The molecule has 1 aliphatic heterocycles. The maximum absolute atomic E-state index is 9.90. The Bertz CT molecular complexity index is 432. The number of hydrogen-bond acceptors (Lipinski definition) is 3. The average molecular weight is 319 g/mol. The summed E-state index contributed by atoms with van der Waals surface area (Å²) < 4.78 is 5.54. The van der Waals surface area contributed by atoms with Crippen LogP contribution in [-0.4, -0.2) is 30.0 Å². The SMILES string of the molecule is CCCCCCCCc1ccc(CC[C@@H]2OC[C@H](N)[C@@H]2O)cc1. The minimum absolute atomic E-state index is 0.104. The Morgan fingerprint density at radius 3 is 2.22 bits per heavy atom. The summed E-state index contributed by atoms with van der Waals surface area (Å²) in [7, 11) is 0. The molecule has 0 radical (unpaired) electrons. The van der Waals surface area contributed by atoms with Gasteiger partial charge in [0.1, 0.15) is 0 Å². The van der Waals surface area contributed by atoms with Gasteiger partial charge in [0.15, 0.2) is 0 Å². The lowest BCUT2D eigenvalue weighted by Crippen LogP contribution is -2.36. The second-order valence-corrected chi connectivity index (χ2v) is 6.90. The van der Waals surface area contributed by atoms with E-state index < -0.39 is 6.10 Å². The summed E-state index contributed by atoms with van der Waals surface area (Å²) in [4.78, 5) is 0. The van der Waals surface area contributed by atoms with Crippen LogP contribution >= 0.6 is 0 Å². The van der Waals surface area contributed by atoms with E-state index in [0.717, 1.165) is 12.8 Å². The van der Waals surface area contributed by atoms with E-state index in [1.54, 1.807) is 0 Å². The highest BCUT2D eigenvalue weighted by atomic mass is 16.5. The Labute approximate surface area is 141 Å². The molecule has 3 nitrogen and oxygen atoms in total. The number of aryl methyl sites for hydroxylation is 2. The summed E-state index contributed by atoms with van der Waals surface area (Å²) in [6.45, 7) is 2.73. The number of nitrogens with two attached hydrogens (primary N) is 1. The van der Waals surface area contributed by atoms with Gasteiger partial charge in [0.2, 0.25) is 0 Å². The fraction of sp³-hybridized carbons (Fsp3) is 0.700. The average Bonchev–Trinajstić information content (AvgIpc) is 2.89. The van der Waals surface area contributed by atoms with Gasteiger partial charge in [-0.2, -0.15) is 0 Å². The zero-order valence-electron chi connectivity index (χ0n) is 14.5. The van der Waals surface area contributed by atoms with Crippen LogP contribution in [0.5, 0.6) is 0 Å². The molecular formula is C20H33NO2. The molecule has 1 heterocycles. The number of benzene rings is 1. The van der Waals surface area contributed by atoms with Crippen LogP contribution in [0, 0.1) is 0 Å². The Morgan fingerprint density at radius 2 is 1.61 bits per heavy atom. The van der Waals surface area contributed by atoms with Crippen molar-refractivity contribution in [1.82, 2.24) is 0 Å². The van der Waals surface area contributed by atoms with E-state index >= 15 is 0 Å². The summed E-state index contributed by atoms with van der Waals surface area (Å²) in [6.07, 6.45) is 10.4. The van der Waals surface area contributed by atoms with E-state index in [-0.39, 0.29) is 12.1 Å². The summed E-state index contributed by atoms with van der Waals surface area (Å²) in [5.41, 5.74) is 8.51. The molecule has 1 saturated heterocycles. The molecule has 2 rings (SSSR count). The lowest BCUT2D eigenvalue weighted by molar-refractivity contribution is 0.0362. The van der Waals surface area contributed by atoms with Gasteiger partial charge >= 0.3 is 0 Å². The van der Waals surface area contributed by atoms with E-state index in [2.05, 4.69) is 31.2 Å². The Balaban J connectivity index is 1.64. The van der Waals surface area contributed by atoms with Crippen molar-refractivity contribution in [2.24, 2.45) is 5.73 Å². The molecule has 0 aliphatic carbocycles. The number of unbranched alkanes of at least 4 members (excludes halogenated alkanes) is 5. The van der Waals surface area contributed by atoms with Gasteiger partial charge in [-0.25, -0.2) is 0 Å². The van der Waals surface area contributed by atoms with Crippen molar-refractivity contribution in [1.29, 1.82) is 0 Å². The van der Waals surface area contributed by atoms with Gasteiger partial charge in [-0.3, -0.25) is 0 Å². The second kappa shape index (κ2) is 10.1.